The predicted molar refractivity (Wildman–Crippen MR) is 68.3 cm³/mol. The first-order valence-corrected chi connectivity index (χ1v) is 6.38. The van der Waals surface area contributed by atoms with Crippen molar-refractivity contribution in [2.75, 3.05) is 0 Å². The number of hydrogen-bond donors (Lipinski definition) is 2. The van der Waals surface area contributed by atoms with Crippen LogP contribution in [0.1, 0.15) is 29.4 Å². The quantitative estimate of drug-likeness (QED) is 0.784. The van der Waals surface area contributed by atoms with Crippen LogP contribution in [0.15, 0.2) is 30.4 Å². The summed E-state index contributed by atoms with van der Waals surface area (Å²) in [5, 5.41) is 20.6. The van der Waals surface area contributed by atoms with E-state index in [2.05, 4.69) is 0 Å². The van der Waals surface area contributed by atoms with E-state index in [1.54, 1.807) is 0 Å². The van der Waals surface area contributed by atoms with E-state index in [0.717, 1.165) is 18.6 Å². The van der Waals surface area contributed by atoms with Crippen LogP contribution >= 0.6 is 0 Å². The van der Waals surface area contributed by atoms with Crippen molar-refractivity contribution < 1.29 is 19.0 Å². The molecule has 20 heavy (non-hydrogen) atoms. The number of halogens is 2. The average Bonchev–Trinajstić information content (AvgIpc) is 3.08. The molecule has 0 aliphatic heterocycles. The van der Waals surface area contributed by atoms with Gasteiger partial charge in [0.2, 0.25) is 11.8 Å². The molecule has 0 unspecified atom stereocenters. The number of nitrogens with zero attached hydrogens (tertiary/aromatic N) is 1. The van der Waals surface area contributed by atoms with Crippen LogP contribution in [0, 0.1) is 11.6 Å². The van der Waals surface area contributed by atoms with Crippen molar-refractivity contribution in [3.63, 3.8) is 0 Å². The molecule has 3 nitrogen and oxygen atoms in total. The molecule has 2 N–H and O–H groups in total. The molecule has 0 fully saturated rings. The number of allylic oxidation sites excluding steroid dienone is 2. The normalized spacial score (nSPS) is 22.5. The van der Waals surface area contributed by atoms with Crippen molar-refractivity contribution in [1.82, 2.24) is 4.57 Å². The highest BCUT2D eigenvalue weighted by molar-refractivity contribution is 5.62. The molecule has 2 aliphatic rings. The molecule has 4 rings (SSSR count). The summed E-state index contributed by atoms with van der Waals surface area (Å²) < 4.78 is 27.5. The van der Waals surface area contributed by atoms with Gasteiger partial charge in [0.05, 0.1) is 5.69 Å². The first-order chi connectivity index (χ1) is 9.58. The Morgan fingerprint density at radius 2 is 1.55 bits per heavy atom. The molecular weight excluding hydrogens is 264 g/mol. The topological polar surface area (TPSA) is 45.4 Å². The molecule has 0 radical (unpaired) electrons. The van der Waals surface area contributed by atoms with Gasteiger partial charge in [-0.3, -0.25) is 4.57 Å². The largest absolute Gasteiger partial charge is 0.494 e. The minimum absolute atomic E-state index is 0.0902. The smallest absolute Gasteiger partial charge is 0.202 e. The lowest BCUT2D eigenvalue weighted by Gasteiger charge is -2.10. The molecule has 1 aromatic carbocycles. The predicted octanol–water partition coefficient (Wildman–Crippen LogP) is 3.31. The number of rotatable bonds is 1. The van der Waals surface area contributed by atoms with Crippen LogP contribution in [0.25, 0.3) is 5.69 Å². The van der Waals surface area contributed by atoms with E-state index in [0.29, 0.717) is 11.1 Å². The Labute approximate surface area is 113 Å². The van der Waals surface area contributed by atoms with Crippen molar-refractivity contribution in [2.24, 2.45) is 0 Å². The summed E-state index contributed by atoms with van der Waals surface area (Å²) in [4.78, 5) is 0. The van der Waals surface area contributed by atoms with Gasteiger partial charge in [-0.15, -0.1) is 0 Å². The van der Waals surface area contributed by atoms with Crippen LogP contribution in [0.4, 0.5) is 8.78 Å². The van der Waals surface area contributed by atoms with Crippen LogP contribution < -0.4 is 0 Å². The van der Waals surface area contributed by atoms with Crippen molar-refractivity contribution in [3.05, 3.63) is 53.1 Å². The Balaban J connectivity index is 1.94. The molecule has 0 saturated heterocycles. The number of aromatic hydroxyl groups is 2. The molecule has 2 bridgehead atoms. The zero-order valence-electron chi connectivity index (χ0n) is 10.3. The summed E-state index contributed by atoms with van der Waals surface area (Å²) in [7, 11) is 0. The summed E-state index contributed by atoms with van der Waals surface area (Å²) in [6, 6.07) is 3.25. The van der Waals surface area contributed by atoms with Crippen LogP contribution in [0.3, 0.4) is 0 Å². The highest BCUT2D eigenvalue weighted by atomic mass is 19.2. The Hall–Kier alpha value is -2.30. The summed E-state index contributed by atoms with van der Waals surface area (Å²) in [5.41, 5.74) is 1.59. The van der Waals surface area contributed by atoms with Gasteiger partial charge in [-0.1, -0.05) is 12.2 Å². The summed E-state index contributed by atoms with van der Waals surface area (Å²) >= 11 is 0. The standard InChI is InChI=1S/C15H11F2NO2/c16-10-4-3-9(6-11(10)17)18-14(19)12-7-1-2-8(5-7)13(12)15(18)20/h1-4,6-8,19-20H,5H2/t7-,8+. The summed E-state index contributed by atoms with van der Waals surface area (Å²) in [6.07, 6.45) is 4.86. The van der Waals surface area contributed by atoms with Crippen LogP contribution in [0.5, 0.6) is 11.8 Å². The number of hydrogen-bond acceptors (Lipinski definition) is 2. The van der Waals surface area contributed by atoms with Crippen molar-refractivity contribution in [3.8, 4) is 17.4 Å². The van der Waals surface area contributed by atoms with E-state index >= 15 is 0 Å². The third-order valence-corrected chi connectivity index (χ3v) is 4.18. The maximum absolute atomic E-state index is 13.3. The molecule has 2 aromatic rings. The van der Waals surface area contributed by atoms with Gasteiger partial charge in [-0.2, -0.15) is 0 Å². The minimum Gasteiger partial charge on any atom is -0.494 e. The highest BCUT2D eigenvalue weighted by Gasteiger charge is 2.41. The Morgan fingerprint density at radius 1 is 0.950 bits per heavy atom. The first-order valence-electron chi connectivity index (χ1n) is 6.38. The summed E-state index contributed by atoms with van der Waals surface area (Å²) in [5.74, 6) is -1.99. The zero-order chi connectivity index (χ0) is 14.0. The molecule has 0 amide bonds. The van der Waals surface area contributed by atoms with Crippen LogP contribution in [-0.2, 0) is 0 Å². The van der Waals surface area contributed by atoms with Gasteiger partial charge in [0, 0.05) is 29.0 Å². The number of fused-ring (bicyclic) bond motifs is 5. The first kappa shape index (κ1) is 11.5. The number of benzene rings is 1. The molecular formula is C15H11F2NO2. The van der Waals surface area contributed by atoms with Crippen molar-refractivity contribution >= 4 is 0 Å². The van der Waals surface area contributed by atoms with Gasteiger partial charge in [0.15, 0.2) is 11.6 Å². The average molecular weight is 275 g/mol. The third-order valence-electron chi connectivity index (χ3n) is 4.18. The van der Waals surface area contributed by atoms with E-state index < -0.39 is 11.6 Å². The monoisotopic (exact) mass is 275 g/mol. The van der Waals surface area contributed by atoms with Gasteiger partial charge in [0.1, 0.15) is 0 Å². The third kappa shape index (κ3) is 1.27. The lowest BCUT2D eigenvalue weighted by Crippen LogP contribution is -1.97. The van der Waals surface area contributed by atoms with E-state index in [9.17, 15) is 19.0 Å². The van der Waals surface area contributed by atoms with Gasteiger partial charge >= 0.3 is 0 Å². The second-order valence-corrected chi connectivity index (χ2v) is 5.24. The second-order valence-electron chi connectivity index (χ2n) is 5.24. The van der Waals surface area contributed by atoms with Crippen LogP contribution in [-0.4, -0.2) is 14.8 Å². The van der Waals surface area contributed by atoms with Gasteiger partial charge in [-0.05, 0) is 18.6 Å². The Morgan fingerprint density at radius 3 is 2.10 bits per heavy atom. The molecule has 0 saturated carbocycles. The van der Waals surface area contributed by atoms with Gasteiger partial charge in [-0.25, -0.2) is 8.78 Å². The number of aromatic nitrogens is 1. The lowest BCUT2D eigenvalue weighted by molar-refractivity contribution is 0.394. The van der Waals surface area contributed by atoms with E-state index in [1.807, 2.05) is 12.2 Å². The fourth-order valence-corrected chi connectivity index (χ4v) is 3.31. The van der Waals surface area contributed by atoms with Crippen molar-refractivity contribution in [1.29, 1.82) is 0 Å². The maximum atomic E-state index is 13.3. The van der Waals surface area contributed by atoms with Crippen molar-refractivity contribution in [2.45, 2.75) is 18.3 Å². The maximum Gasteiger partial charge on any atom is 0.202 e. The molecule has 1 aromatic heterocycles. The SMILES string of the molecule is Oc1c2c(c(O)n1-c1ccc(F)c(F)c1)[C@H]1C=C[C@@H]2C1. The molecule has 5 heteroatoms. The van der Waals surface area contributed by atoms with E-state index in [1.165, 1.54) is 10.6 Å². The molecule has 2 atom stereocenters. The molecule has 0 spiro atoms. The Kier molecular flexibility index (Phi) is 2.09. The lowest BCUT2D eigenvalue weighted by atomic mass is 10.0. The Bertz CT molecular complexity index is 728. The minimum atomic E-state index is -1.02. The zero-order valence-corrected chi connectivity index (χ0v) is 10.3. The second kappa shape index (κ2) is 3.62. The van der Waals surface area contributed by atoms with E-state index in [4.69, 9.17) is 0 Å². The molecule has 102 valence electrons. The fourth-order valence-electron chi connectivity index (χ4n) is 3.31. The van der Waals surface area contributed by atoms with Gasteiger partial charge in [0.25, 0.3) is 0 Å². The van der Waals surface area contributed by atoms with Crippen LogP contribution in [0.2, 0.25) is 0 Å². The highest BCUT2D eigenvalue weighted by Crippen LogP contribution is 2.57. The van der Waals surface area contributed by atoms with Gasteiger partial charge < -0.3 is 10.2 Å². The molecule has 2 aliphatic carbocycles. The molecule has 1 heterocycles. The summed E-state index contributed by atoms with van der Waals surface area (Å²) in [6.45, 7) is 0. The van der Waals surface area contributed by atoms with E-state index in [-0.39, 0.29) is 29.3 Å². The fraction of sp³-hybridized carbons (Fsp3) is 0.200.